The number of hydrogen-bond donors (Lipinski definition) is 4. The summed E-state index contributed by atoms with van der Waals surface area (Å²) in [6, 6.07) is 0. The molecule has 5 atom stereocenters. The number of halogens is 1. The Morgan fingerprint density at radius 2 is 2.23 bits per heavy atom. The predicted molar refractivity (Wildman–Crippen MR) is 73.2 cm³/mol. The highest BCUT2D eigenvalue weighted by Gasteiger charge is 2.55. The third kappa shape index (κ3) is 2.46. The Hall–Kier alpha value is -1.99. The van der Waals surface area contributed by atoms with Crippen LogP contribution in [0.4, 0.5) is 4.39 Å². The first-order valence-corrected chi connectivity index (χ1v) is 6.47. The van der Waals surface area contributed by atoms with E-state index in [1.165, 1.54) is 13.8 Å². The summed E-state index contributed by atoms with van der Waals surface area (Å²) >= 11 is 0. The van der Waals surface area contributed by atoms with Crippen molar-refractivity contribution >= 4 is 0 Å². The number of aliphatic hydroxyl groups is 2. The highest BCUT2D eigenvalue weighted by atomic mass is 19.1. The number of aromatic amines is 1. The van der Waals surface area contributed by atoms with E-state index in [1.807, 2.05) is 0 Å². The first kappa shape index (κ1) is 16.4. The zero-order valence-corrected chi connectivity index (χ0v) is 11.9. The molecular weight excluding hydrogens is 297 g/mol. The molecule has 8 nitrogen and oxygen atoms in total. The van der Waals surface area contributed by atoms with Gasteiger partial charge in [-0.15, -0.1) is 5.92 Å². The van der Waals surface area contributed by atoms with Crippen LogP contribution in [-0.4, -0.2) is 43.6 Å². The van der Waals surface area contributed by atoms with Crippen molar-refractivity contribution in [2.75, 3.05) is 0 Å². The molecule has 120 valence electrons. The number of hydrogen-bond acceptors (Lipinski definition) is 6. The molecule has 1 fully saturated rings. The fourth-order valence-electron chi connectivity index (χ4n) is 2.41. The molecule has 0 aromatic carbocycles. The van der Waals surface area contributed by atoms with Crippen molar-refractivity contribution in [1.82, 2.24) is 9.55 Å². The average Bonchev–Trinajstić information content (AvgIpc) is 2.68. The standard InChI is InChI=1S/C13H16FN3O5/c1-3-4-13(15)9(19)8(6(2)18)22-11(13)17-5-7(14)10(20)16-12(17)21/h5-6,8-9,11,18-19H,15H2,1-2H3,(H,16,20,21)/t6-,8+,9?,11+,13?/m0/s1. The molecule has 1 aliphatic rings. The van der Waals surface area contributed by atoms with Gasteiger partial charge in [-0.05, 0) is 13.8 Å². The fourth-order valence-corrected chi connectivity index (χ4v) is 2.41. The molecule has 5 N–H and O–H groups in total. The molecule has 2 rings (SSSR count). The summed E-state index contributed by atoms with van der Waals surface area (Å²) in [7, 11) is 0. The number of aliphatic hydroxyl groups excluding tert-OH is 2. The van der Waals surface area contributed by atoms with E-state index < -0.39 is 47.1 Å². The minimum atomic E-state index is -1.76. The lowest BCUT2D eigenvalue weighted by Gasteiger charge is -2.27. The minimum absolute atomic E-state index is 0.627. The van der Waals surface area contributed by atoms with E-state index in [1.54, 1.807) is 4.98 Å². The van der Waals surface area contributed by atoms with E-state index in [4.69, 9.17) is 10.5 Å². The number of nitrogens with zero attached hydrogens (tertiary/aromatic N) is 1. The predicted octanol–water partition coefficient (Wildman–Crippen LogP) is -1.96. The molecule has 1 aromatic rings. The highest BCUT2D eigenvalue weighted by Crippen LogP contribution is 2.36. The number of H-pyrrole nitrogens is 1. The molecular formula is C13H16FN3O5. The molecule has 2 heterocycles. The van der Waals surface area contributed by atoms with Gasteiger partial charge in [-0.1, -0.05) is 5.92 Å². The Morgan fingerprint density at radius 3 is 2.77 bits per heavy atom. The van der Waals surface area contributed by atoms with Gasteiger partial charge >= 0.3 is 5.69 Å². The van der Waals surface area contributed by atoms with Crippen LogP contribution in [0.25, 0.3) is 0 Å². The van der Waals surface area contributed by atoms with E-state index in [9.17, 15) is 24.2 Å². The van der Waals surface area contributed by atoms with Crippen molar-refractivity contribution in [2.24, 2.45) is 5.73 Å². The van der Waals surface area contributed by atoms with Gasteiger partial charge in [0.2, 0.25) is 5.82 Å². The van der Waals surface area contributed by atoms with Gasteiger partial charge in [0, 0.05) is 0 Å². The second-order valence-corrected chi connectivity index (χ2v) is 5.09. The van der Waals surface area contributed by atoms with Crippen LogP contribution < -0.4 is 17.0 Å². The summed E-state index contributed by atoms with van der Waals surface area (Å²) in [6.07, 6.45) is -4.41. The van der Waals surface area contributed by atoms with Crippen LogP contribution in [0.15, 0.2) is 15.8 Å². The van der Waals surface area contributed by atoms with Crippen molar-refractivity contribution in [2.45, 2.75) is 43.9 Å². The third-order valence-corrected chi connectivity index (χ3v) is 3.49. The van der Waals surface area contributed by atoms with E-state index in [2.05, 4.69) is 11.8 Å². The summed E-state index contributed by atoms with van der Waals surface area (Å²) in [5, 5.41) is 19.9. The van der Waals surface area contributed by atoms with Crippen LogP contribution in [0.5, 0.6) is 0 Å². The van der Waals surface area contributed by atoms with E-state index >= 15 is 0 Å². The first-order chi connectivity index (χ1) is 10.2. The first-order valence-electron chi connectivity index (χ1n) is 6.47. The number of aromatic nitrogens is 2. The topological polar surface area (TPSA) is 131 Å². The summed E-state index contributed by atoms with van der Waals surface area (Å²) in [5.74, 6) is 3.82. The van der Waals surface area contributed by atoms with Crippen molar-refractivity contribution in [1.29, 1.82) is 0 Å². The average molecular weight is 313 g/mol. The van der Waals surface area contributed by atoms with Gasteiger partial charge in [-0.25, -0.2) is 4.79 Å². The molecule has 1 saturated heterocycles. The lowest BCUT2D eigenvalue weighted by molar-refractivity contribution is -0.0781. The fraction of sp³-hybridized carbons (Fsp3) is 0.538. The molecule has 1 aromatic heterocycles. The number of ether oxygens (including phenoxy) is 1. The van der Waals surface area contributed by atoms with Crippen LogP contribution in [0.1, 0.15) is 20.1 Å². The largest absolute Gasteiger partial charge is 0.391 e. The number of nitrogens with two attached hydrogens (primary N) is 1. The van der Waals surface area contributed by atoms with Crippen molar-refractivity contribution < 1.29 is 19.3 Å². The van der Waals surface area contributed by atoms with Crippen LogP contribution >= 0.6 is 0 Å². The maximum atomic E-state index is 13.5. The quantitative estimate of drug-likeness (QED) is 0.469. The maximum Gasteiger partial charge on any atom is 0.330 e. The van der Waals surface area contributed by atoms with Crippen LogP contribution in [-0.2, 0) is 4.74 Å². The van der Waals surface area contributed by atoms with Gasteiger partial charge < -0.3 is 20.7 Å². The summed E-state index contributed by atoms with van der Waals surface area (Å²) < 4.78 is 19.6. The van der Waals surface area contributed by atoms with Crippen molar-refractivity contribution in [3.63, 3.8) is 0 Å². The van der Waals surface area contributed by atoms with Gasteiger partial charge in [0.15, 0.2) is 11.8 Å². The zero-order chi connectivity index (χ0) is 16.7. The molecule has 0 aliphatic carbocycles. The van der Waals surface area contributed by atoms with Gasteiger partial charge in [0.05, 0.1) is 12.3 Å². The van der Waals surface area contributed by atoms with Gasteiger partial charge in [0.1, 0.15) is 12.2 Å². The van der Waals surface area contributed by atoms with Crippen LogP contribution in [0, 0.1) is 17.7 Å². The molecule has 2 unspecified atom stereocenters. The van der Waals surface area contributed by atoms with Crippen molar-refractivity contribution in [3.8, 4) is 11.8 Å². The van der Waals surface area contributed by atoms with Gasteiger partial charge in [0.25, 0.3) is 5.56 Å². The Morgan fingerprint density at radius 1 is 1.59 bits per heavy atom. The van der Waals surface area contributed by atoms with E-state index in [-0.39, 0.29) is 0 Å². The molecule has 0 bridgehead atoms. The van der Waals surface area contributed by atoms with Crippen LogP contribution in [0.2, 0.25) is 0 Å². The smallest absolute Gasteiger partial charge is 0.330 e. The molecule has 0 saturated carbocycles. The van der Waals surface area contributed by atoms with Crippen LogP contribution in [0.3, 0.4) is 0 Å². The SMILES string of the molecule is CC#CC1(N)C(O)[C@@H]([C@H](C)O)O[C@H]1n1cc(F)c(=O)[nH]c1=O. The summed E-state index contributed by atoms with van der Waals surface area (Å²) in [6.45, 7) is 2.83. The lowest BCUT2D eigenvalue weighted by atomic mass is 9.90. The zero-order valence-electron chi connectivity index (χ0n) is 11.9. The Labute approximate surface area is 124 Å². The lowest BCUT2D eigenvalue weighted by Crippen LogP contribution is -2.55. The van der Waals surface area contributed by atoms with E-state index in [0.717, 1.165) is 0 Å². The normalized spacial score (nSPS) is 32.4. The van der Waals surface area contributed by atoms with Crippen molar-refractivity contribution in [3.05, 3.63) is 32.9 Å². The second kappa shape index (κ2) is 5.66. The van der Waals surface area contributed by atoms with E-state index in [0.29, 0.717) is 10.8 Å². The Balaban J connectivity index is 2.61. The summed E-state index contributed by atoms with van der Waals surface area (Å²) in [5.41, 5.74) is 2.13. The molecule has 22 heavy (non-hydrogen) atoms. The minimum Gasteiger partial charge on any atom is -0.391 e. The molecule has 0 radical (unpaired) electrons. The van der Waals surface area contributed by atoms with Gasteiger partial charge in [-0.2, -0.15) is 4.39 Å². The molecule has 0 amide bonds. The third-order valence-electron chi connectivity index (χ3n) is 3.49. The molecule has 0 spiro atoms. The number of rotatable bonds is 2. The second-order valence-electron chi connectivity index (χ2n) is 5.09. The molecule has 1 aliphatic heterocycles. The maximum absolute atomic E-state index is 13.5. The van der Waals surface area contributed by atoms with Gasteiger partial charge in [-0.3, -0.25) is 14.3 Å². The molecule has 9 heteroatoms. The Bertz CT molecular complexity index is 747. The summed E-state index contributed by atoms with van der Waals surface area (Å²) in [4.78, 5) is 24.7. The monoisotopic (exact) mass is 313 g/mol. The Kier molecular flexibility index (Phi) is 4.21. The number of nitrogens with one attached hydrogen (secondary N) is 1. The highest BCUT2D eigenvalue weighted by molar-refractivity contribution is 5.25.